The molecule has 2 heteroatoms. The molecule has 4 atom stereocenters. The van der Waals surface area contributed by atoms with Crippen molar-refractivity contribution in [2.24, 2.45) is 23.5 Å². The number of hydrogen-bond acceptors (Lipinski definition) is 2. The van der Waals surface area contributed by atoms with E-state index < -0.39 is 0 Å². The van der Waals surface area contributed by atoms with Crippen LogP contribution < -0.4 is 5.73 Å². The Morgan fingerprint density at radius 1 is 1.38 bits per heavy atom. The van der Waals surface area contributed by atoms with Crippen LogP contribution in [0, 0.1) is 17.8 Å². The smallest absolute Gasteiger partial charge is 0.0642 e. The van der Waals surface area contributed by atoms with Crippen LogP contribution in [0.1, 0.15) is 32.6 Å². The van der Waals surface area contributed by atoms with E-state index in [1.54, 1.807) is 7.11 Å². The third-order valence-electron chi connectivity index (χ3n) is 4.04. The number of hydrogen-bond donors (Lipinski definition) is 1. The van der Waals surface area contributed by atoms with Crippen molar-refractivity contribution in [2.45, 2.75) is 38.1 Å². The van der Waals surface area contributed by atoms with E-state index in [0.717, 1.165) is 11.8 Å². The zero-order valence-corrected chi connectivity index (χ0v) is 8.75. The lowest BCUT2D eigenvalue weighted by atomic mass is 9.76. The molecule has 2 fully saturated rings. The molecule has 0 radical (unpaired) electrons. The molecule has 2 rings (SSSR count). The molecule has 2 nitrogen and oxygen atoms in total. The lowest BCUT2D eigenvalue weighted by molar-refractivity contribution is 0.0826. The maximum absolute atomic E-state index is 6.29. The Balaban J connectivity index is 2.01. The summed E-state index contributed by atoms with van der Waals surface area (Å²) in [7, 11) is 1.75. The monoisotopic (exact) mass is 183 g/mol. The largest absolute Gasteiger partial charge is 0.383 e. The highest BCUT2D eigenvalue weighted by Gasteiger charge is 2.46. The number of fused-ring (bicyclic) bond motifs is 2. The highest BCUT2D eigenvalue weighted by molar-refractivity contribution is 5.00. The third kappa shape index (κ3) is 1.62. The van der Waals surface area contributed by atoms with E-state index >= 15 is 0 Å². The minimum Gasteiger partial charge on any atom is -0.383 e. The summed E-state index contributed by atoms with van der Waals surface area (Å²) in [6.45, 7) is 2.86. The minimum absolute atomic E-state index is 0.0887. The van der Waals surface area contributed by atoms with Crippen molar-refractivity contribution in [1.82, 2.24) is 0 Å². The van der Waals surface area contributed by atoms with E-state index in [4.69, 9.17) is 10.5 Å². The van der Waals surface area contributed by atoms with Crippen molar-refractivity contribution < 1.29 is 4.74 Å². The standard InChI is InChI=1S/C11H21NO/c1-11(12,7-13-2)10-6-8-3-4-9(10)5-8/h8-10H,3-7,12H2,1-2H3. The summed E-state index contributed by atoms with van der Waals surface area (Å²) >= 11 is 0. The average Bonchev–Trinajstić information content (AvgIpc) is 2.63. The molecule has 2 aliphatic carbocycles. The molecule has 0 aliphatic heterocycles. The van der Waals surface area contributed by atoms with Gasteiger partial charge in [0.05, 0.1) is 6.61 Å². The van der Waals surface area contributed by atoms with Crippen molar-refractivity contribution in [2.75, 3.05) is 13.7 Å². The van der Waals surface area contributed by atoms with E-state index in [-0.39, 0.29) is 5.54 Å². The van der Waals surface area contributed by atoms with Crippen LogP contribution >= 0.6 is 0 Å². The summed E-state index contributed by atoms with van der Waals surface area (Å²) in [4.78, 5) is 0. The van der Waals surface area contributed by atoms with E-state index in [1.807, 2.05) is 0 Å². The first kappa shape index (κ1) is 9.47. The fraction of sp³-hybridized carbons (Fsp3) is 1.00. The fourth-order valence-electron chi connectivity index (χ4n) is 3.47. The van der Waals surface area contributed by atoms with Gasteiger partial charge in [0.15, 0.2) is 0 Å². The van der Waals surface area contributed by atoms with Crippen LogP contribution in [0.3, 0.4) is 0 Å². The molecule has 0 amide bonds. The van der Waals surface area contributed by atoms with Gasteiger partial charge in [-0.05, 0) is 43.9 Å². The second kappa shape index (κ2) is 3.25. The average molecular weight is 183 g/mol. The van der Waals surface area contributed by atoms with Gasteiger partial charge in [-0.25, -0.2) is 0 Å². The molecule has 4 unspecified atom stereocenters. The highest BCUT2D eigenvalue weighted by atomic mass is 16.5. The number of nitrogens with two attached hydrogens (primary N) is 1. The zero-order valence-electron chi connectivity index (χ0n) is 8.75. The number of methoxy groups -OCH3 is 1. The molecule has 2 saturated carbocycles. The summed E-state index contributed by atoms with van der Waals surface area (Å²) < 4.78 is 5.20. The molecule has 2 N–H and O–H groups in total. The molecule has 0 spiro atoms. The number of rotatable bonds is 3. The molecule has 2 bridgehead atoms. The van der Waals surface area contributed by atoms with E-state index in [0.29, 0.717) is 12.5 Å². The van der Waals surface area contributed by atoms with Crippen molar-refractivity contribution >= 4 is 0 Å². The lowest BCUT2D eigenvalue weighted by Gasteiger charge is -2.36. The first-order valence-electron chi connectivity index (χ1n) is 5.41. The second-order valence-corrected chi connectivity index (χ2v) is 5.22. The molecule has 0 heterocycles. The first-order valence-corrected chi connectivity index (χ1v) is 5.41. The normalized spacial score (nSPS) is 42.2. The van der Waals surface area contributed by atoms with Gasteiger partial charge in [-0.15, -0.1) is 0 Å². The van der Waals surface area contributed by atoms with Crippen LogP contribution in [0.15, 0.2) is 0 Å². The van der Waals surface area contributed by atoms with E-state index in [1.165, 1.54) is 25.7 Å². The van der Waals surface area contributed by atoms with E-state index in [2.05, 4.69) is 6.92 Å². The Kier molecular flexibility index (Phi) is 2.37. The molecule has 76 valence electrons. The van der Waals surface area contributed by atoms with Crippen LogP contribution in [0.2, 0.25) is 0 Å². The Bertz CT molecular complexity index is 191. The lowest BCUT2D eigenvalue weighted by Crippen LogP contribution is -2.50. The summed E-state index contributed by atoms with van der Waals surface area (Å²) in [6.07, 6.45) is 5.64. The summed E-state index contributed by atoms with van der Waals surface area (Å²) in [5.74, 6) is 2.59. The third-order valence-corrected chi connectivity index (χ3v) is 4.04. The van der Waals surface area contributed by atoms with Gasteiger partial charge in [0, 0.05) is 12.6 Å². The molecular weight excluding hydrogens is 162 g/mol. The molecule has 0 saturated heterocycles. The maximum atomic E-state index is 6.29. The van der Waals surface area contributed by atoms with E-state index in [9.17, 15) is 0 Å². The predicted molar refractivity (Wildman–Crippen MR) is 53.4 cm³/mol. The molecule has 0 aromatic carbocycles. The zero-order chi connectivity index (χ0) is 9.47. The van der Waals surface area contributed by atoms with Crippen molar-refractivity contribution in [3.05, 3.63) is 0 Å². The van der Waals surface area contributed by atoms with Gasteiger partial charge in [-0.3, -0.25) is 0 Å². The molecule has 2 aliphatic rings. The summed E-state index contributed by atoms with van der Waals surface area (Å²) in [5, 5.41) is 0. The van der Waals surface area contributed by atoms with Gasteiger partial charge in [0.25, 0.3) is 0 Å². The van der Waals surface area contributed by atoms with Crippen LogP contribution in [0.4, 0.5) is 0 Å². The van der Waals surface area contributed by atoms with Gasteiger partial charge >= 0.3 is 0 Å². The molecule has 0 aromatic heterocycles. The summed E-state index contributed by atoms with van der Waals surface area (Å²) in [5.41, 5.74) is 6.21. The summed E-state index contributed by atoms with van der Waals surface area (Å²) in [6, 6.07) is 0. The molecular formula is C11H21NO. The quantitative estimate of drug-likeness (QED) is 0.724. The second-order valence-electron chi connectivity index (χ2n) is 5.22. The topological polar surface area (TPSA) is 35.2 Å². The van der Waals surface area contributed by atoms with Gasteiger partial charge in [0.2, 0.25) is 0 Å². The van der Waals surface area contributed by atoms with Crippen molar-refractivity contribution in [1.29, 1.82) is 0 Å². The van der Waals surface area contributed by atoms with Crippen LogP contribution in [0.5, 0.6) is 0 Å². The Morgan fingerprint density at radius 3 is 2.62 bits per heavy atom. The highest BCUT2D eigenvalue weighted by Crippen LogP contribution is 2.51. The SMILES string of the molecule is COCC(C)(N)C1CC2CCC1C2. The minimum atomic E-state index is -0.0887. The van der Waals surface area contributed by atoms with Gasteiger partial charge in [-0.1, -0.05) is 6.42 Å². The Morgan fingerprint density at radius 2 is 2.15 bits per heavy atom. The van der Waals surface area contributed by atoms with Crippen LogP contribution in [-0.2, 0) is 4.74 Å². The van der Waals surface area contributed by atoms with Crippen molar-refractivity contribution in [3.8, 4) is 0 Å². The van der Waals surface area contributed by atoms with Gasteiger partial charge < -0.3 is 10.5 Å². The van der Waals surface area contributed by atoms with Gasteiger partial charge in [0.1, 0.15) is 0 Å². The van der Waals surface area contributed by atoms with Crippen LogP contribution in [0.25, 0.3) is 0 Å². The fourth-order valence-corrected chi connectivity index (χ4v) is 3.47. The van der Waals surface area contributed by atoms with Crippen molar-refractivity contribution in [3.63, 3.8) is 0 Å². The molecule has 0 aromatic rings. The first-order chi connectivity index (χ1) is 6.13. The van der Waals surface area contributed by atoms with Crippen LogP contribution in [-0.4, -0.2) is 19.3 Å². The Labute approximate surface area is 80.8 Å². The van der Waals surface area contributed by atoms with Gasteiger partial charge in [-0.2, -0.15) is 0 Å². The predicted octanol–water partition coefficient (Wildman–Crippen LogP) is 1.79. The molecule has 13 heavy (non-hydrogen) atoms. The Hall–Kier alpha value is -0.0800. The number of ether oxygens (including phenoxy) is 1. The maximum Gasteiger partial charge on any atom is 0.0642 e.